The van der Waals surface area contributed by atoms with E-state index < -0.39 is 11.9 Å². The number of hydroxylamine groups is 2. The fourth-order valence-electron chi connectivity index (χ4n) is 3.54. The molecule has 33 heavy (non-hydrogen) atoms. The third-order valence-electron chi connectivity index (χ3n) is 5.26. The number of hydrogen-bond acceptors (Lipinski definition) is 5. The van der Waals surface area contributed by atoms with E-state index in [2.05, 4.69) is 31.7 Å². The monoisotopic (exact) mass is 524 g/mol. The number of anilines is 1. The SMILES string of the molecule is CC(=O)NCC(Cn1nc2c(c1C)CN(C(=O)Nc1ccc(F)c(Br)c1)CC2)ON(C)C=O. The number of hydrogen-bond donors (Lipinski definition) is 2. The van der Waals surface area contributed by atoms with Crippen molar-refractivity contribution >= 4 is 40.0 Å². The topological polar surface area (TPSA) is 109 Å². The van der Waals surface area contributed by atoms with Crippen LogP contribution < -0.4 is 10.6 Å². The van der Waals surface area contributed by atoms with Crippen molar-refractivity contribution < 1.29 is 23.6 Å². The largest absolute Gasteiger partial charge is 0.354 e. The van der Waals surface area contributed by atoms with Gasteiger partial charge in [-0.25, -0.2) is 14.2 Å². The highest BCUT2D eigenvalue weighted by atomic mass is 79.9. The fraction of sp³-hybridized carbons (Fsp3) is 0.429. The number of fused-ring (bicyclic) bond motifs is 1. The Bertz CT molecular complexity index is 1050. The van der Waals surface area contributed by atoms with Gasteiger partial charge in [-0.15, -0.1) is 0 Å². The Morgan fingerprint density at radius 3 is 2.85 bits per heavy atom. The lowest BCUT2D eigenvalue weighted by Crippen LogP contribution is -2.39. The van der Waals surface area contributed by atoms with E-state index in [0.29, 0.717) is 38.2 Å². The van der Waals surface area contributed by atoms with Gasteiger partial charge in [-0.1, -0.05) is 0 Å². The number of carbonyl (C=O) groups excluding carboxylic acids is 3. The Hall–Kier alpha value is -2.99. The van der Waals surface area contributed by atoms with Gasteiger partial charge in [-0.3, -0.25) is 19.1 Å². The smallest absolute Gasteiger partial charge is 0.322 e. The second-order valence-corrected chi connectivity index (χ2v) is 8.59. The van der Waals surface area contributed by atoms with Crippen LogP contribution in [0.3, 0.4) is 0 Å². The van der Waals surface area contributed by atoms with Crippen molar-refractivity contribution in [3.63, 3.8) is 0 Å². The Morgan fingerprint density at radius 2 is 2.18 bits per heavy atom. The van der Waals surface area contributed by atoms with Crippen LogP contribution in [0.25, 0.3) is 0 Å². The zero-order valence-corrected chi connectivity index (χ0v) is 20.2. The van der Waals surface area contributed by atoms with Crippen molar-refractivity contribution in [3.05, 3.63) is 45.4 Å². The first-order chi connectivity index (χ1) is 15.7. The highest BCUT2D eigenvalue weighted by molar-refractivity contribution is 9.10. The number of amides is 4. The molecule has 1 atom stereocenters. The van der Waals surface area contributed by atoms with Crippen molar-refractivity contribution in [2.45, 2.75) is 39.5 Å². The van der Waals surface area contributed by atoms with E-state index in [1.807, 2.05) is 6.92 Å². The average molecular weight is 525 g/mol. The number of benzene rings is 1. The molecule has 1 aromatic carbocycles. The Balaban J connectivity index is 1.70. The van der Waals surface area contributed by atoms with Crippen LogP contribution in [0.4, 0.5) is 14.9 Å². The summed E-state index contributed by atoms with van der Waals surface area (Å²) in [6.45, 7) is 4.69. The van der Waals surface area contributed by atoms with E-state index in [0.717, 1.165) is 22.0 Å². The number of rotatable bonds is 8. The predicted molar refractivity (Wildman–Crippen MR) is 122 cm³/mol. The normalized spacial score (nSPS) is 13.8. The van der Waals surface area contributed by atoms with Crippen LogP contribution in [0.1, 0.15) is 23.9 Å². The molecule has 1 unspecified atom stereocenters. The Kier molecular flexibility index (Phi) is 8.03. The van der Waals surface area contributed by atoms with Gasteiger partial charge in [-0.05, 0) is 41.1 Å². The van der Waals surface area contributed by atoms with Crippen LogP contribution in [0.15, 0.2) is 22.7 Å². The molecular formula is C21H26BrFN6O4. The fourth-order valence-corrected chi connectivity index (χ4v) is 3.91. The third-order valence-corrected chi connectivity index (χ3v) is 5.87. The van der Waals surface area contributed by atoms with Gasteiger partial charge in [0.2, 0.25) is 12.3 Å². The zero-order chi connectivity index (χ0) is 24.1. The lowest BCUT2D eigenvalue weighted by Gasteiger charge is -2.27. The molecule has 12 heteroatoms. The van der Waals surface area contributed by atoms with Crippen molar-refractivity contribution in [1.29, 1.82) is 0 Å². The molecule has 1 aliphatic heterocycles. The van der Waals surface area contributed by atoms with E-state index in [9.17, 15) is 18.8 Å². The maximum Gasteiger partial charge on any atom is 0.322 e. The molecule has 2 aromatic rings. The molecule has 4 amide bonds. The maximum atomic E-state index is 13.4. The summed E-state index contributed by atoms with van der Waals surface area (Å²) in [7, 11) is 1.48. The summed E-state index contributed by atoms with van der Waals surface area (Å²) in [6, 6.07) is 4.01. The molecule has 0 saturated carbocycles. The van der Waals surface area contributed by atoms with E-state index in [-0.39, 0.29) is 23.0 Å². The summed E-state index contributed by atoms with van der Waals surface area (Å²) < 4.78 is 15.5. The van der Waals surface area contributed by atoms with Crippen LogP contribution in [-0.2, 0) is 33.9 Å². The molecule has 0 spiro atoms. The van der Waals surface area contributed by atoms with Crippen LogP contribution in [0.2, 0.25) is 0 Å². The molecule has 0 bridgehead atoms. The first kappa shape index (κ1) is 24.6. The van der Waals surface area contributed by atoms with Gasteiger partial charge in [0, 0.05) is 50.4 Å². The molecule has 1 aromatic heterocycles. The third kappa shape index (κ3) is 6.29. The van der Waals surface area contributed by atoms with Crippen molar-refractivity contribution in [1.82, 2.24) is 25.1 Å². The Labute approximate surface area is 199 Å². The molecule has 178 valence electrons. The van der Waals surface area contributed by atoms with Gasteiger partial charge in [0.05, 0.1) is 23.3 Å². The maximum absolute atomic E-state index is 13.4. The standard InChI is InChI=1S/C21H26BrFN6O4/c1-13-17-11-28(21(32)25-15-4-5-19(23)18(22)8-15)7-6-20(17)26-29(13)10-16(9-24-14(2)31)33-27(3)12-30/h4-5,8,12,16H,6-7,9-11H2,1-3H3,(H,24,31)(H,25,32). The minimum absolute atomic E-state index is 0.205. The van der Waals surface area contributed by atoms with Gasteiger partial charge < -0.3 is 15.5 Å². The number of nitrogens with zero attached hydrogens (tertiary/aromatic N) is 4. The van der Waals surface area contributed by atoms with E-state index in [1.165, 1.54) is 32.2 Å². The molecule has 2 heterocycles. The molecule has 2 N–H and O–H groups in total. The minimum Gasteiger partial charge on any atom is -0.354 e. The first-order valence-corrected chi connectivity index (χ1v) is 11.1. The molecule has 0 radical (unpaired) electrons. The molecule has 1 aliphatic rings. The van der Waals surface area contributed by atoms with Crippen molar-refractivity contribution in [2.24, 2.45) is 0 Å². The van der Waals surface area contributed by atoms with Crippen molar-refractivity contribution in [2.75, 3.05) is 25.5 Å². The summed E-state index contributed by atoms with van der Waals surface area (Å²) in [5.41, 5.74) is 3.20. The molecule has 0 saturated heterocycles. The minimum atomic E-state index is -0.513. The van der Waals surface area contributed by atoms with Crippen LogP contribution >= 0.6 is 15.9 Å². The highest BCUT2D eigenvalue weighted by Crippen LogP contribution is 2.24. The molecule has 3 rings (SSSR count). The van der Waals surface area contributed by atoms with Gasteiger partial charge in [0.25, 0.3) is 0 Å². The van der Waals surface area contributed by atoms with Gasteiger partial charge in [0.1, 0.15) is 11.9 Å². The van der Waals surface area contributed by atoms with Gasteiger partial charge >= 0.3 is 6.03 Å². The van der Waals surface area contributed by atoms with Crippen LogP contribution in [-0.4, -0.2) is 64.3 Å². The summed E-state index contributed by atoms with van der Waals surface area (Å²) in [5, 5.41) is 11.2. The van der Waals surface area contributed by atoms with Crippen LogP contribution in [0, 0.1) is 12.7 Å². The Morgan fingerprint density at radius 1 is 1.42 bits per heavy atom. The molecule has 0 aliphatic carbocycles. The number of carbonyl (C=O) groups is 3. The first-order valence-electron chi connectivity index (χ1n) is 10.3. The highest BCUT2D eigenvalue weighted by Gasteiger charge is 2.27. The van der Waals surface area contributed by atoms with Crippen molar-refractivity contribution in [3.8, 4) is 0 Å². The number of aromatic nitrogens is 2. The quantitative estimate of drug-likeness (QED) is 0.406. The number of nitrogens with one attached hydrogen (secondary N) is 2. The van der Waals surface area contributed by atoms with Gasteiger partial charge in [0.15, 0.2) is 0 Å². The summed E-state index contributed by atoms with van der Waals surface area (Å²) >= 11 is 3.12. The number of halogens is 2. The second-order valence-electron chi connectivity index (χ2n) is 7.74. The van der Waals surface area contributed by atoms with E-state index in [1.54, 1.807) is 9.58 Å². The van der Waals surface area contributed by atoms with Gasteiger partial charge in [-0.2, -0.15) is 5.10 Å². The molecular weight excluding hydrogens is 499 g/mol. The molecule has 0 fully saturated rings. The predicted octanol–water partition coefficient (Wildman–Crippen LogP) is 2.21. The number of urea groups is 1. The summed E-state index contributed by atoms with van der Waals surface area (Å²) in [4.78, 5) is 42.3. The van der Waals surface area contributed by atoms with Crippen LogP contribution in [0.5, 0.6) is 0 Å². The zero-order valence-electron chi connectivity index (χ0n) is 18.6. The van der Waals surface area contributed by atoms with E-state index in [4.69, 9.17) is 4.84 Å². The van der Waals surface area contributed by atoms with E-state index >= 15 is 0 Å². The summed E-state index contributed by atoms with van der Waals surface area (Å²) in [6.07, 6.45) is 0.605. The molecule has 10 nitrogen and oxygen atoms in total. The average Bonchev–Trinajstić information content (AvgIpc) is 3.09. The second kappa shape index (κ2) is 10.8. The lowest BCUT2D eigenvalue weighted by molar-refractivity contribution is -0.185. The lowest BCUT2D eigenvalue weighted by atomic mass is 10.1. The summed E-state index contributed by atoms with van der Waals surface area (Å²) in [5.74, 6) is -0.609.